The number of urea groups is 1. The van der Waals surface area contributed by atoms with E-state index in [2.05, 4.69) is 60.7 Å². The van der Waals surface area contributed by atoms with E-state index in [1.165, 1.54) is 33.4 Å². The zero-order chi connectivity index (χ0) is 20.2. The first kappa shape index (κ1) is 17.0. The molecule has 0 spiro atoms. The molecule has 0 saturated carbocycles. The Morgan fingerprint density at radius 1 is 0.600 bits per heavy atom. The van der Waals surface area contributed by atoms with Gasteiger partial charge in [0.15, 0.2) is 0 Å². The number of primary amides is 1. The van der Waals surface area contributed by atoms with Gasteiger partial charge in [-0.05, 0) is 56.6 Å². The number of hydrogen-bond donors (Lipinski definition) is 1. The van der Waals surface area contributed by atoms with Crippen molar-refractivity contribution in [2.24, 2.45) is 5.73 Å². The monoisotopic (exact) mass is 388 g/mol. The van der Waals surface area contributed by atoms with Gasteiger partial charge in [0.2, 0.25) is 0 Å². The molecule has 0 unspecified atom stereocenters. The van der Waals surface area contributed by atoms with E-state index in [-0.39, 0.29) is 0 Å². The van der Waals surface area contributed by atoms with E-state index >= 15 is 0 Å². The fourth-order valence-corrected chi connectivity index (χ4v) is 5.07. The number of amides is 2. The number of carbonyl (C=O) groups excluding carboxylic acids is 1. The summed E-state index contributed by atoms with van der Waals surface area (Å²) in [6, 6.07) is 28.7. The fourth-order valence-electron chi connectivity index (χ4n) is 5.07. The molecule has 30 heavy (non-hydrogen) atoms. The third kappa shape index (κ3) is 2.35. The highest BCUT2D eigenvalue weighted by Gasteiger charge is 2.29. The number of nitrogens with two attached hydrogens (primary N) is 1. The van der Waals surface area contributed by atoms with Crippen molar-refractivity contribution < 1.29 is 4.79 Å². The number of hydrogen-bond acceptors (Lipinski definition) is 1. The average molecular weight is 388 g/mol. The standard InChI is InChI=1S/C27H20N2O/c28-27(30)29(25-13-5-11-21-19-9-3-1-7-17(19)15-23(21)25)26-14-6-12-22-20-10-4-2-8-18(20)16-24(22)26/h1-14H,15-16H2,(H2,28,30). The molecular formula is C27H20N2O. The second kappa shape index (κ2) is 6.33. The van der Waals surface area contributed by atoms with Crippen molar-refractivity contribution in [3.63, 3.8) is 0 Å². The molecule has 6 rings (SSSR count). The van der Waals surface area contributed by atoms with E-state index in [0.717, 1.165) is 35.3 Å². The lowest BCUT2D eigenvalue weighted by atomic mass is 10.0. The molecule has 0 radical (unpaired) electrons. The summed E-state index contributed by atoms with van der Waals surface area (Å²) in [7, 11) is 0. The Hall–Kier alpha value is -3.85. The van der Waals surface area contributed by atoms with Crippen molar-refractivity contribution in [2.75, 3.05) is 4.90 Å². The van der Waals surface area contributed by atoms with Gasteiger partial charge in [-0.3, -0.25) is 4.90 Å². The molecule has 144 valence electrons. The smallest absolute Gasteiger partial charge is 0.323 e. The molecule has 0 aromatic heterocycles. The van der Waals surface area contributed by atoms with Crippen LogP contribution in [-0.4, -0.2) is 6.03 Å². The number of fused-ring (bicyclic) bond motifs is 6. The lowest BCUT2D eigenvalue weighted by Crippen LogP contribution is -2.32. The van der Waals surface area contributed by atoms with Gasteiger partial charge in [0.1, 0.15) is 0 Å². The highest BCUT2D eigenvalue weighted by Crippen LogP contribution is 2.46. The number of anilines is 2. The average Bonchev–Trinajstić information content (AvgIpc) is 3.33. The number of benzene rings is 4. The summed E-state index contributed by atoms with van der Waals surface area (Å²) in [4.78, 5) is 14.5. The Morgan fingerprint density at radius 3 is 1.50 bits per heavy atom. The van der Waals surface area contributed by atoms with Crippen molar-refractivity contribution in [2.45, 2.75) is 12.8 Å². The lowest BCUT2D eigenvalue weighted by molar-refractivity contribution is 0.256. The molecule has 4 aromatic rings. The summed E-state index contributed by atoms with van der Waals surface area (Å²) in [5.74, 6) is 0. The van der Waals surface area contributed by atoms with Crippen molar-refractivity contribution in [3.8, 4) is 22.3 Å². The molecule has 0 bridgehead atoms. The highest BCUT2D eigenvalue weighted by molar-refractivity contribution is 6.03. The summed E-state index contributed by atoms with van der Waals surface area (Å²) in [5.41, 5.74) is 17.5. The van der Waals surface area contributed by atoms with Crippen LogP contribution in [-0.2, 0) is 12.8 Å². The van der Waals surface area contributed by atoms with Crippen molar-refractivity contribution in [3.05, 3.63) is 107 Å². The first-order valence-electron chi connectivity index (χ1n) is 10.2. The van der Waals surface area contributed by atoms with Gasteiger partial charge in [-0.2, -0.15) is 0 Å². The predicted molar refractivity (Wildman–Crippen MR) is 121 cm³/mol. The maximum absolute atomic E-state index is 12.8. The summed E-state index contributed by atoms with van der Waals surface area (Å²) >= 11 is 0. The quantitative estimate of drug-likeness (QED) is 0.386. The zero-order valence-electron chi connectivity index (χ0n) is 16.4. The van der Waals surface area contributed by atoms with Gasteiger partial charge in [-0.1, -0.05) is 72.8 Å². The van der Waals surface area contributed by atoms with Gasteiger partial charge in [-0.15, -0.1) is 0 Å². The van der Waals surface area contributed by atoms with Crippen LogP contribution < -0.4 is 10.6 Å². The molecule has 0 saturated heterocycles. The molecule has 2 aliphatic rings. The molecular weight excluding hydrogens is 368 g/mol. The minimum Gasteiger partial charge on any atom is -0.351 e. The SMILES string of the molecule is NC(=O)N(c1cccc2c1Cc1ccccc1-2)c1cccc2c1Cc1ccccc1-2. The third-order valence-corrected chi connectivity index (χ3v) is 6.35. The molecule has 0 heterocycles. The molecule has 2 N–H and O–H groups in total. The predicted octanol–water partition coefficient (Wildman–Crippen LogP) is 6.05. The van der Waals surface area contributed by atoms with E-state index < -0.39 is 6.03 Å². The zero-order valence-corrected chi connectivity index (χ0v) is 16.4. The van der Waals surface area contributed by atoms with Gasteiger partial charge in [0.25, 0.3) is 0 Å². The molecule has 2 amide bonds. The van der Waals surface area contributed by atoms with Crippen molar-refractivity contribution >= 4 is 17.4 Å². The molecule has 3 nitrogen and oxygen atoms in total. The van der Waals surface area contributed by atoms with Crippen LogP contribution in [0.2, 0.25) is 0 Å². The lowest BCUT2D eigenvalue weighted by Gasteiger charge is -2.26. The Labute approximate surface area is 175 Å². The second-order valence-corrected chi connectivity index (χ2v) is 7.95. The van der Waals surface area contributed by atoms with Crippen LogP contribution in [0, 0.1) is 0 Å². The Morgan fingerprint density at radius 2 is 1.03 bits per heavy atom. The normalized spacial score (nSPS) is 12.7. The summed E-state index contributed by atoms with van der Waals surface area (Å²) in [6.45, 7) is 0. The van der Waals surface area contributed by atoms with Gasteiger partial charge >= 0.3 is 6.03 Å². The van der Waals surface area contributed by atoms with Crippen LogP contribution in [0.5, 0.6) is 0 Å². The van der Waals surface area contributed by atoms with E-state index in [4.69, 9.17) is 5.73 Å². The van der Waals surface area contributed by atoms with E-state index in [1.807, 2.05) is 24.3 Å². The summed E-state index contributed by atoms with van der Waals surface area (Å²) in [5, 5.41) is 0. The first-order chi connectivity index (χ1) is 14.7. The second-order valence-electron chi connectivity index (χ2n) is 7.95. The molecule has 0 aliphatic heterocycles. The maximum Gasteiger partial charge on any atom is 0.323 e. The Kier molecular flexibility index (Phi) is 3.59. The van der Waals surface area contributed by atoms with Crippen molar-refractivity contribution in [1.29, 1.82) is 0 Å². The Bertz CT molecular complexity index is 1240. The van der Waals surface area contributed by atoms with Gasteiger partial charge < -0.3 is 5.73 Å². The van der Waals surface area contributed by atoms with Crippen LogP contribution >= 0.6 is 0 Å². The van der Waals surface area contributed by atoms with E-state index in [0.29, 0.717) is 0 Å². The maximum atomic E-state index is 12.8. The number of carbonyl (C=O) groups is 1. The van der Waals surface area contributed by atoms with Gasteiger partial charge in [0.05, 0.1) is 11.4 Å². The molecule has 0 fully saturated rings. The van der Waals surface area contributed by atoms with Crippen LogP contribution in [0.3, 0.4) is 0 Å². The van der Waals surface area contributed by atoms with Gasteiger partial charge in [0, 0.05) is 12.8 Å². The molecule has 3 heteroatoms. The molecule has 2 aliphatic carbocycles. The topological polar surface area (TPSA) is 46.3 Å². The highest BCUT2D eigenvalue weighted by atomic mass is 16.2. The van der Waals surface area contributed by atoms with E-state index in [1.54, 1.807) is 4.90 Å². The van der Waals surface area contributed by atoms with Crippen LogP contribution in [0.25, 0.3) is 22.3 Å². The van der Waals surface area contributed by atoms with Crippen LogP contribution in [0.15, 0.2) is 84.9 Å². The van der Waals surface area contributed by atoms with E-state index in [9.17, 15) is 4.79 Å². The fraction of sp³-hybridized carbons (Fsp3) is 0.0741. The molecule has 0 atom stereocenters. The summed E-state index contributed by atoms with van der Waals surface area (Å²) < 4.78 is 0. The molecule has 4 aromatic carbocycles. The third-order valence-electron chi connectivity index (χ3n) is 6.35. The van der Waals surface area contributed by atoms with Crippen LogP contribution in [0.1, 0.15) is 22.3 Å². The minimum absolute atomic E-state index is 0.455. The number of rotatable bonds is 2. The van der Waals surface area contributed by atoms with Gasteiger partial charge in [-0.25, -0.2) is 4.79 Å². The van der Waals surface area contributed by atoms with Crippen molar-refractivity contribution in [1.82, 2.24) is 0 Å². The minimum atomic E-state index is -0.455. The largest absolute Gasteiger partial charge is 0.351 e. The van der Waals surface area contributed by atoms with Crippen LogP contribution in [0.4, 0.5) is 16.2 Å². The number of nitrogens with zero attached hydrogens (tertiary/aromatic N) is 1. The Balaban J connectivity index is 1.54. The first-order valence-corrected chi connectivity index (χ1v) is 10.2. The summed E-state index contributed by atoms with van der Waals surface area (Å²) in [6.07, 6.45) is 1.61.